The Morgan fingerprint density at radius 3 is 1.70 bits per heavy atom. The van der Waals surface area contributed by atoms with Crippen LogP contribution in [0.3, 0.4) is 0 Å². The average molecular weight is 586 g/mol. The first kappa shape index (κ1) is 32.9. The Kier molecular flexibility index (Phi) is 11.5. The van der Waals surface area contributed by atoms with Gasteiger partial charge in [-0.15, -0.1) is 0 Å². The van der Waals surface area contributed by atoms with Gasteiger partial charge in [0, 0.05) is 13.8 Å². The number of carbonyl (C=O) groups is 2. The normalized spacial score (nSPS) is 46.0. The summed E-state index contributed by atoms with van der Waals surface area (Å²) in [7, 11) is 0. The number of rotatable bonds is 9. The topological polar surface area (TPSA) is 292 Å². The molecule has 0 aromatic heterocycles. The van der Waals surface area contributed by atoms with Crippen molar-refractivity contribution in [2.24, 2.45) is 5.73 Å². The van der Waals surface area contributed by atoms with Crippen molar-refractivity contribution < 1.29 is 74.1 Å². The average Bonchev–Trinajstić information content (AvgIpc) is 2.90. The molecule has 0 radical (unpaired) electrons. The number of aliphatic hydroxyl groups is 8. The van der Waals surface area contributed by atoms with E-state index in [0.29, 0.717) is 0 Å². The van der Waals surface area contributed by atoms with Gasteiger partial charge in [-0.05, 0) is 0 Å². The third-order valence-corrected chi connectivity index (χ3v) is 6.98. The van der Waals surface area contributed by atoms with Crippen molar-refractivity contribution in [1.82, 2.24) is 10.6 Å². The van der Waals surface area contributed by atoms with Gasteiger partial charge in [0.05, 0.1) is 25.9 Å². The summed E-state index contributed by atoms with van der Waals surface area (Å²) in [5.74, 6) is -1.22. The molecule has 3 rings (SSSR count). The van der Waals surface area contributed by atoms with E-state index in [4.69, 9.17) is 29.4 Å². The molecule has 3 heterocycles. The first-order valence-corrected chi connectivity index (χ1v) is 12.6. The van der Waals surface area contributed by atoms with E-state index in [2.05, 4.69) is 10.6 Å². The van der Waals surface area contributed by atoms with Crippen LogP contribution in [0.15, 0.2) is 0 Å². The highest BCUT2D eigenvalue weighted by molar-refractivity contribution is 5.73. The zero-order valence-electron chi connectivity index (χ0n) is 21.8. The van der Waals surface area contributed by atoms with Crippen molar-refractivity contribution in [3.63, 3.8) is 0 Å². The summed E-state index contributed by atoms with van der Waals surface area (Å²) < 4.78 is 28.0. The summed E-state index contributed by atoms with van der Waals surface area (Å²) in [4.78, 5) is 23.2. The lowest BCUT2D eigenvalue weighted by atomic mass is 9.94. The molecule has 3 aliphatic rings. The van der Waals surface area contributed by atoms with Crippen LogP contribution in [0.1, 0.15) is 13.8 Å². The van der Waals surface area contributed by atoms with Crippen LogP contribution in [0.25, 0.3) is 0 Å². The molecule has 15 atom stereocenters. The molecule has 0 bridgehead atoms. The fourth-order valence-electron chi connectivity index (χ4n) is 4.92. The summed E-state index contributed by atoms with van der Waals surface area (Å²) in [6, 6.07) is -4.14. The first-order valence-electron chi connectivity index (χ1n) is 12.6. The Labute approximate surface area is 228 Å². The minimum atomic E-state index is -1.69. The summed E-state index contributed by atoms with van der Waals surface area (Å²) in [6.07, 6.45) is -18.2. The third-order valence-electron chi connectivity index (χ3n) is 6.98. The molecule has 0 aromatic rings. The van der Waals surface area contributed by atoms with Crippen LogP contribution in [0, 0.1) is 0 Å². The van der Waals surface area contributed by atoms with Crippen LogP contribution < -0.4 is 16.4 Å². The molecule has 0 spiro atoms. The number of ether oxygens (including phenoxy) is 5. The zero-order valence-corrected chi connectivity index (χ0v) is 21.8. The monoisotopic (exact) mass is 585 g/mol. The molecule has 232 valence electrons. The minimum Gasteiger partial charge on any atom is -0.394 e. The molecule has 0 aliphatic carbocycles. The van der Waals surface area contributed by atoms with Gasteiger partial charge in [-0.25, -0.2) is 0 Å². The minimum absolute atomic E-state index is 0.599. The van der Waals surface area contributed by atoms with E-state index < -0.39 is 124 Å². The molecule has 3 aliphatic heterocycles. The second-order valence-electron chi connectivity index (χ2n) is 9.89. The van der Waals surface area contributed by atoms with Crippen LogP contribution in [-0.4, -0.2) is 164 Å². The van der Waals surface area contributed by atoms with Crippen molar-refractivity contribution in [2.45, 2.75) is 106 Å². The Hall–Kier alpha value is -1.62. The van der Waals surface area contributed by atoms with Gasteiger partial charge in [0.15, 0.2) is 18.9 Å². The molecule has 12 N–H and O–H groups in total. The molecular weight excluding hydrogens is 546 g/mol. The highest BCUT2D eigenvalue weighted by Crippen LogP contribution is 2.31. The molecule has 1 unspecified atom stereocenters. The van der Waals surface area contributed by atoms with Crippen molar-refractivity contribution in [2.75, 3.05) is 19.8 Å². The molecule has 0 saturated carbocycles. The number of aliphatic hydroxyl groups excluding tert-OH is 8. The van der Waals surface area contributed by atoms with Gasteiger partial charge in [0.1, 0.15) is 67.0 Å². The van der Waals surface area contributed by atoms with Crippen LogP contribution in [0.4, 0.5) is 0 Å². The number of amides is 2. The van der Waals surface area contributed by atoms with Gasteiger partial charge >= 0.3 is 0 Å². The molecule has 40 heavy (non-hydrogen) atoms. The quantitative estimate of drug-likeness (QED) is 0.120. The molecule has 18 nitrogen and oxygen atoms in total. The smallest absolute Gasteiger partial charge is 0.217 e. The summed E-state index contributed by atoms with van der Waals surface area (Å²) in [5.41, 5.74) is 6.14. The van der Waals surface area contributed by atoms with Gasteiger partial charge in [-0.3, -0.25) is 9.59 Å². The lowest BCUT2D eigenvalue weighted by Crippen LogP contribution is -2.70. The van der Waals surface area contributed by atoms with Gasteiger partial charge < -0.3 is 80.9 Å². The van der Waals surface area contributed by atoms with E-state index in [9.17, 15) is 50.4 Å². The van der Waals surface area contributed by atoms with Crippen molar-refractivity contribution in [3.05, 3.63) is 0 Å². The second kappa shape index (κ2) is 14.0. The fourth-order valence-corrected chi connectivity index (χ4v) is 4.92. The highest BCUT2D eigenvalue weighted by Gasteiger charge is 2.53. The van der Waals surface area contributed by atoms with E-state index >= 15 is 0 Å². The largest absolute Gasteiger partial charge is 0.394 e. The number of hydrogen-bond acceptors (Lipinski definition) is 16. The van der Waals surface area contributed by atoms with Gasteiger partial charge in [0.2, 0.25) is 11.8 Å². The Bertz CT molecular complexity index is 854. The van der Waals surface area contributed by atoms with E-state index in [1.807, 2.05) is 0 Å². The Morgan fingerprint density at radius 2 is 1.15 bits per heavy atom. The number of nitrogens with one attached hydrogen (secondary N) is 2. The molecular formula is C22H39N3O15. The van der Waals surface area contributed by atoms with E-state index in [-0.39, 0.29) is 0 Å². The Morgan fingerprint density at radius 1 is 0.675 bits per heavy atom. The van der Waals surface area contributed by atoms with E-state index in [1.165, 1.54) is 0 Å². The van der Waals surface area contributed by atoms with E-state index in [1.54, 1.807) is 0 Å². The van der Waals surface area contributed by atoms with Gasteiger partial charge in [-0.1, -0.05) is 0 Å². The van der Waals surface area contributed by atoms with Gasteiger partial charge in [0.25, 0.3) is 0 Å². The molecule has 3 saturated heterocycles. The SMILES string of the molecule is CC(=O)N[C@H]1[C@H](O[C@H]2[C@H](O)[C@@H](N)[C@H](O[C@H]3[C@H](O)[C@@H](NC(C)=O)C(O)O[C@@H]3CO)O[C@@H]2CO)O[C@H](CO)[C@@H](O)[C@@H]1O. The summed E-state index contributed by atoms with van der Waals surface area (Å²) in [6.45, 7) is 0.0555. The van der Waals surface area contributed by atoms with Crippen molar-refractivity contribution in [1.29, 1.82) is 0 Å². The number of hydrogen-bond donors (Lipinski definition) is 11. The van der Waals surface area contributed by atoms with Gasteiger partial charge in [-0.2, -0.15) is 0 Å². The van der Waals surface area contributed by atoms with Crippen LogP contribution in [-0.2, 0) is 33.3 Å². The summed E-state index contributed by atoms with van der Waals surface area (Å²) >= 11 is 0. The maximum atomic E-state index is 11.7. The highest BCUT2D eigenvalue weighted by atomic mass is 16.7. The maximum Gasteiger partial charge on any atom is 0.217 e. The first-order chi connectivity index (χ1) is 18.8. The molecule has 0 aromatic carbocycles. The Balaban J connectivity index is 1.78. The van der Waals surface area contributed by atoms with Crippen molar-refractivity contribution in [3.8, 4) is 0 Å². The standard InChI is InChI=1S/C22H39N3O15/c1-6(29)24-12-17(34)19(9(4-27)36-20(12)35)39-21-11(23)15(32)18(10(5-28)38-21)40-22-13(25-7(2)30)16(33)14(31)8(3-26)37-22/h8-22,26-28,31-35H,3-5,23H2,1-2H3,(H,24,29)(H,25,30)/t8-,9-,10-,11-,12-,13-,14-,15-,16-,17-,18-,19-,20?,21+,22+/m1/s1. The zero-order chi connectivity index (χ0) is 29.9. The predicted octanol–water partition coefficient (Wildman–Crippen LogP) is -7.32. The fraction of sp³-hybridized carbons (Fsp3) is 0.909. The van der Waals surface area contributed by atoms with Crippen LogP contribution in [0.5, 0.6) is 0 Å². The third kappa shape index (κ3) is 7.05. The van der Waals surface area contributed by atoms with E-state index in [0.717, 1.165) is 13.8 Å². The van der Waals surface area contributed by atoms with Crippen molar-refractivity contribution >= 4 is 11.8 Å². The summed E-state index contributed by atoms with van der Waals surface area (Å²) in [5, 5.41) is 86.5. The predicted molar refractivity (Wildman–Crippen MR) is 126 cm³/mol. The molecule has 3 fully saturated rings. The molecule has 2 amide bonds. The maximum absolute atomic E-state index is 11.7. The van der Waals surface area contributed by atoms with Crippen LogP contribution in [0.2, 0.25) is 0 Å². The lowest BCUT2D eigenvalue weighted by Gasteiger charge is -2.49. The number of nitrogens with two attached hydrogens (primary N) is 1. The number of carbonyl (C=O) groups excluding carboxylic acids is 2. The molecule has 18 heteroatoms. The second-order valence-corrected chi connectivity index (χ2v) is 9.89. The van der Waals surface area contributed by atoms with Crippen LogP contribution >= 0.6 is 0 Å². The lowest BCUT2D eigenvalue weighted by molar-refractivity contribution is -0.349.